The molecule has 1 N–H and O–H groups in total. The van der Waals surface area contributed by atoms with Crippen LogP contribution in [0.4, 0.5) is 0 Å². The first-order chi connectivity index (χ1) is 3.83. The first kappa shape index (κ1) is 6.44. The van der Waals surface area contributed by atoms with Gasteiger partial charge in [-0.15, -0.1) is 0 Å². The summed E-state index contributed by atoms with van der Waals surface area (Å²) in [5.41, 5.74) is 1.26. The molecule has 1 aliphatic rings. The molecule has 0 aromatic heterocycles. The molecule has 44 valence electrons. The molecule has 0 bridgehead atoms. The van der Waals surface area contributed by atoms with Gasteiger partial charge >= 0.3 is 64.0 Å². The molecule has 0 saturated carbocycles. The molecule has 1 rings (SSSR count). The number of allylic oxidation sites excluding steroid dienone is 1. The maximum absolute atomic E-state index is 3.44. The average molecular weight is 236 g/mol. The summed E-state index contributed by atoms with van der Waals surface area (Å²) in [5, 5.41) is 3.08. The first-order valence-corrected chi connectivity index (χ1v) is 5.40. The maximum atomic E-state index is 3.44. The number of nitrogens with one attached hydrogen (secondary N) is 1. The third-order valence-electron chi connectivity index (χ3n) is 0.936. The topological polar surface area (TPSA) is 12.0 Å². The number of hydrogen-bond acceptors (Lipinski definition) is 1. The Morgan fingerprint density at radius 3 is 2.75 bits per heavy atom. The van der Waals surface area contributed by atoms with Crippen molar-refractivity contribution < 1.29 is 0 Å². The number of rotatable bonds is 1. The van der Waals surface area contributed by atoms with Gasteiger partial charge in [-0.05, 0) is 0 Å². The van der Waals surface area contributed by atoms with Crippen LogP contribution >= 0.6 is 15.9 Å². The Kier molecular flexibility index (Phi) is 2.21. The summed E-state index contributed by atoms with van der Waals surface area (Å²) < 4.78 is 1.38. The zero-order chi connectivity index (χ0) is 5.98. The minimum absolute atomic E-state index is 0.0700. The van der Waals surface area contributed by atoms with Crippen LogP contribution in [0, 0.1) is 0 Å². The van der Waals surface area contributed by atoms with Gasteiger partial charge < -0.3 is 0 Å². The Labute approximate surface area is 64.0 Å². The third kappa shape index (κ3) is 1.40. The Balaban J connectivity index is 2.58. The van der Waals surface area contributed by atoms with Crippen molar-refractivity contribution in [3.63, 3.8) is 0 Å². The molecule has 8 heavy (non-hydrogen) atoms. The monoisotopic (exact) mass is 235 g/mol. The molecule has 0 radical (unpaired) electrons. The molecule has 1 heterocycles. The minimum atomic E-state index is 0.0700. The number of halogens is 1. The Morgan fingerprint density at radius 2 is 2.50 bits per heavy atom. The number of likely N-dealkylation sites (N-methyl/N-ethyl adjacent to an activating group) is 1. The van der Waals surface area contributed by atoms with E-state index in [1.807, 2.05) is 7.05 Å². The predicted octanol–water partition coefficient (Wildman–Crippen LogP) is 0.734. The summed E-state index contributed by atoms with van der Waals surface area (Å²) in [6.07, 6.45) is 2.14. The van der Waals surface area contributed by atoms with Crippen molar-refractivity contribution in [2.75, 3.05) is 7.05 Å². The molecule has 0 fully saturated rings. The standard InChI is InChI=1S/C5H7AsBrN/c1-8-4-2-5(7)6-3-4/h2-3,6,8H,1H3. The van der Waals surface area contributed by atoms with Crippen molar-refractivity contribution in [1.29, 1.82) is 0 Å². The molecule has 0 aromatic carbocycles. The Hall–Kier alpha value is 0.318. The summed E-state index contributed by atoms with van der Waals surface area (Å²) in [6, 6.07) is 0. The van der Waals surface area contributed by atoms with E-state index in [-0.39, 0.29) is 15.8 Å². The fourth-order valence-corrected chi connectivity index (χ4v) is 2.95. The van der Waals surface area contributed by atoms with Gasteiger partial charge in [0.05, 0.1) is 0 Å². The van der Waals surface area contributed by atoms with Crippen molar-refractivity contribution in [3.8, 4) is 0 Å². The van der Waals surface area contributed by atoms with E-state index in [1.54, 1.807) is 0 Å². The number of hydrogen-bond donors (Lipinski definition) is 1. The van der Waals surface area contributed by atoms with Crippen LogP contribution in [0.3, 0.4) is 0 Å². The first-order valence-electron chi connectivity index (χ1n) is 2.34. The van der Waals surface area contributed by atoms with Gasteiger partial charge in [-0.25, -0.2) is 0 Å². The second-order valence-electron chi connectivity index (χ2n) is 1.49. The summed E-state index contributed by atoms with van der Waals surface area (Å²) in [4.78, 5) is 2.27. The molecule has 0 aromatic rings. The molecule has 1 aliphatic heterocycles. The van der Waals surface area contributed by atoms with Crippen LogP contribution in [0.2, 0.25) is 0 Å². The van der Waals surface area contributed by atoms with Crippen LogP contribution in [0.15, 0.2) is 19.9 Å². The third-order valence-corrected chi connectivity index (χ3v) is 4.19. The van der Waals surface area contributed by atoms with Crippen molar-refractivity contribution in [2.24, 2.45) is 0 Å². The van der Waals surface area contributed by atoms with E-state index in [1.165, 1.54) is 8.97 Å². The second-order valence-corrected chi connectivity index (χ2v) is 6.22. The van der Waals surface area contributed by atoms with Crippen LogP contribution < -0.4 is 5.32 Å². The molecular formula is C5H7AsBrN. The van der Waals surface area contributed by atoms with Crippen molar-refractivity contribution in [1.82, 2.24) is 5.32 Å². The molecule has 0 amide bonds. The molecular weight excluding hydrogens is 229 g/mol. The SMILES string of the molecule is CNC1=C[AsH]C(Br)=C1. The predicted molar refractivity (Wildman–Crippen MR) is 41.3 cm³/mol. The van der Waals surface area contributed by atoms with Crippen molar-refractivity contribution in [2.45, 2.75) is 0 Å². The van der Waals surface area contributed by atoms with E-state index >= 15 is 0 Å². The summed E-state index contributed by atoms with van der Waals surface area (Å²) >= 11 is 3.51. The molecule has 1 atom stereocenters. The second kappa shape index (κ2) is 2.74. The van der Waals surface area contributed by atoms with E-state index in [4.69, 9.17) is 0 Å². The van der Waals surface area contributed by atoms with Gasteiger partial charge in [-0.2, -0.15) is 0 Å². The van der Waals surface area contributed by atoms with E-state index in [0.717, 1.165) is 0 Å². The zero-order valence-corrected chi connectivity index (χ0v) is 8.22. The van der Waals surface area contributed by atoms with Gasteiger partial charge in [0.15, 0.2) is 0 Å². The Bertz CT molecular complexity index is 151. The summed E-state index contributed by atoms with van der Waals surface area (Å²) in [7, 11) is 1.94. The fraction of sp³-hybridized carbons (Fsp3) is 0.200. The quantitative estimate of drug-likeness (QED) is 0.662. The molecule has 3 heteroatoms. The van der Waals surface area contributed by atoms with E-state index in [9.17, 15) is 0 Å². The molecule has 1 unspecified atom stereocenters. The van der Waals surface area contributed by atoms with Crippen LogP contribution in [0.25, 0.3) is 0 Å². The van der Waals surface area contributed by atoms with Crippen molar-refractivity contribution in [3.05, 3.63) is 19.9 Å². The van der Waals surface area contributed by atoms with E-state index in [0.29, 0.717) is 0 Å². The summed E-state index contributed by atoms with van der Waals surface area (Å²) in [5.74, 6) is 0. The van der Waals surface area contributed by atoms with Gasteiger partial charge in [-0.3, -0.25) is 0 Å². The van der Waals surface area contributed by atoms with Gasteiger partial charge in [0, 0.05) is 0 Å². The van der Waals surface area contributed by atoms with E-state index in [2.05, 4.69) is 32.2 Å². The van der Waals surface area contributed by atoms with Gasteiger partial charge in [-0.1, -0.05) is 0 Å². The van der Waals surface area contributed by atoms with Crippen LogP contribution in [0.1, 0.15) is 0 Å². The van der Waals surface area contributed by atoms with Crippen molar-refractivity contribution >= 4 is 31.7 Å². The van der Waals surface area contributed by atoms with Crippen LogP contribution in [-0.4, -0.2) is 22.8 Å². The van der Waals surface area contributed by atoms with Crippen LogP contribution in [-0.2, 0) is 0 Å². The molecule has 1 nitrogen and oxygen atoms in total. The van der Waals surface area contributed by atoms with Gasteiger partial charge in [0.25, 0.3) is 0 Å². The van der Waals surface area contributed by atoms with Crippen LogP contribution in [0.5, 0.6) is 0 Å². The Morgan fingerprint density at radius 1 is 1.75 bits per heavy atom. The molecule has 0 saturated heterocycles. The summed E-state index contributed by atoms with van der Waals surface area (Å²) in [6.45, 7) is 0. The normalized spacial score (nSPS) is 20.8. The molecule has 0 spiro atoms. The van der Waals surface area contributed by atoms with E-state index < -0.39 is 0 Å². The van der Waals surface area contributed by atoms with Gasteiger partial charge in [0.2, 0.25) is 0 Å². The zero-order valence-electron chi connectivity index (χ0n) is 4.53. The fourth-order valence-electron chi connectivity index (χ4n) is 0.511. The molecule has 0 aliphatic carbocycles. The average Bonchev–Trinajstić information content (AvgIpc) is 2.14. The van der Waals surface area contributed by atoms with Gasteiger partial charge in [0.1, 0.15) is 0 Å².